The predicted octanol–water partition coefficient (Wildman–Crippen LogP) is 4.68. The van der Waals surface area contributed by atoms with Crippen molar-refractivity contribution in [3.8, 4) is 11.5 Å². The number of para-hydroxylation sites is 1. The minimum Gasteiger partial charge on any atom is -0.497 e. The molecule has 0 unspecified atom stereocenters. The molecule has 1 saturated heterocycles. The molecular weight excluding hydrogens is 493 g/mol. The number of nitrogens with zero attached hydrogens (tertiary/aromatic N) is 2. The molecule has 0 spiro atoms. The molecule has 186 valence electrons. The van der Waals surface area contributed by atoms with E-state index in [1.807, 2.05) is 35.0 Å². The average Bonchev–Trinajstić information content (AvgIpc) is 3.25. The van der Waals surface area contributed by atoms with Crippen molar-refractivity contribution in [2.45, 2.75) is 6.54 Å². The second-order valence-corrected chi connectivity index (χ2v) is 8.74. The highest BCUT2D eigenvalue weighted by atomic mass is 32.1. The van der Waals surface area contributed by atoms with Crippen LogP contribution in [0, 0.1) is 5.82 Å². The van der Waals surface area contributed by atoms with Gasteiger partial charge in [0, 0.05) is 35.3 Å². The molecule has 7 nitrogen and oxygen atoms in total. The molecule has 3 aromatic carbocycles. The van der Waals surface area contributed by atoms with Gasteiger partial charge >= 0.3 is 0 Å². The Morgan fingerprint density at radius 3 is 2.49 bits per heavy atom. The molecule has 9 heteroatoms. The maximum absolute atomic E-state index is 13.6. The van der Waals surface area contributed by atoms with Crippen LogP contribution in [-0.2, 0) is 16.1 Å². The highest BCUT2D eigenvalue weighted by Gasteiger charge is 2.36. The molecule has 4 aromatic rings. The van der Waals surface area contributed by atoms with E-state index in [4.69, 9.17) is 21.7 Å². The summed E-state index contributed by atoms with van der Waals surface area (Å²) < 4.78 is 26.1. The first-order valence-electron chi connectivity index (χ1n) is 11.4. The molecule has 0 atom stereocenters. The standard InChI is InChI=1S/C28H22FN3O4S/c1-35-20-11-12-24(25(14-20)36-2)32-27(34)22(26(33)30-28(32)37)13-18-16-31(23-6-4-3-5-21(18)23)15-17-7-9-19(29)10-8-17/h3-14,16H,15H2,1-2H3,(H,30,33,37)/b22-13+. The number of amides is 2. The van der Waals surface area contributed by atoms with Crippen molar-refractivity contribution in [2.75, 3.05) is 19.1 Å². The average molecular weight is 516 g/mol. The molecule has 1 N–H and O–H groups in total. The number of benzene rings is 3. The number of thiocarbonyl (C=S) groups is 1. The van der Waals surface area contributed by atoms with E-state index in [-0.39, 0.29) is 16.5 Å². The van der Waals surface area contributed by atoms with Crippen molar-refractivity contribution in [2.24, 2.45) is 0 Å². The second-order valence-electron chi connectivity index (χ2n) is 8.35. The zero-order valence-corrected chi connectivity index (χ0v) is 20.8. The van der Waals surface area contributed by atoms with E-state index in [9.17, 15) is 14.0 Å². The molecule has 0 radical (unpaired) electrons. The number of fused-ring (bicyclic) bond motifs is 1. The van der Waals surface area contributed by atoms with Crippen molar-refractivity contribution in [1.29, 1.82) is 0 Å². The topological polar surface area (TPSA) is 72.8 Å². The van der Waals surface area contributed by atoms with Crippen molar-refractivity contribution in [3.63, 3.8) is 0 Å². The van der Waals surface area contributed by atoms with Gasteiger partial charge in [-0.15, -0.1) is 0 Å². The summed E-state index contributed by atoms with van der Waals surface area (Å²) in [5.74, 6) is -0.558. The van der Waals surface area contributed by atoms with Gasteiger partial charge in [0.1, 0.15) is 22.9 Å². The van der Waals surface area contributed by atoms with E-state index < -0.39 is 11.8 Å². The first kappa shape index (κ1) is 24.2. The number of ether oxygens (including phenoxy) is 2. The van der Waals surface area contributed by atoms with Gasteiger partial charge in [-0.05, 0) is 54.2 Å². The summed E-state index contributed by atoms with van der Waals surface area (Å²) in [5.41, 5.74) is 2.81. The summed E-state index contributed by atoms with van der Waals surface area (Å²) in [6.07, 6.45) is 3.43. The molecule has 0 saturated carbocycles. The van der Waals surface area contributed by atoms with Crippen molar-refractivity contribution in [1.82, 2.24) is 9.88 Å². The minimum absolute atomic E-state index is 0.0469. The van der Waals surface area contributed by atoms with Crippen LogP contribution >= 0.6 is 12.2 Å². The smallest absolute Gasteiger partial charge is 0.270 e. The maximum atomic E-state index is 13.6. The van der Waals surface area contributed by atoms with Gasteiger partial charge in [0.25, 0.3) is 11.8 Å². The van der Waals surface area contributed by atoms with Gasteiger partial charge in [0.2, 0.25) is 0 Å². The van der Waals surface area contributed by atoms with E-state index >= 15 is 0 Å². The number of hydrogen-bond acceptors (Lipinski definition) is 5. The number of carbonyl (C=O) groups is 2. The number of rotatable bonds is 6. The first-order valence-corrected chi connectivity index (χ1v) is 11.8. The van der Waals surface area contributed by atoms with Crippen molar-refractivity contribution < 1.29 is 23.5 Å². The fourth-order valence-electron chi connectivity index (χ4n) is 4.31. The van der Waals surface area contributed by atoms with Crippen LogP contribution in [0.25, 0.3) is 17.0 Å². The SMILES string of the molecule is COc1ccc(N2C(=O)/C(=C/c3cn(Cc4ccc(F)cc4)c4ccccc34)C(=O)NC2=S)c(OC)c1. The van der Waals surface area contributed by atoms with Crippen LogP contribution in [0.1, 0.15) is 11.1 Å². The number of methoxy groups -OCH3 is 2. The van der Waals surface area contributed by atoms with Crippen LogP contribution in [0.3, 0.4) is 0 Å². The fraction of sp³-hybridized carbons (Fsp3) is 0.107. The van der Waals surface area contributed by atoms with Crippen LogP contribution in [0.2, 0.25) is 0 Å². The molecule has 2 heterocycles. The number of hydrogen-bond donors (Lipinski definition) is 1. The monoisotopic (exact) mass is 515 g/mol. The molecule has 37 heavy (non-hydrogen) atoms. The molecule has 1 aliphatic heterocycles. The Morgan fingerprint density at radius 2 is 1.76 bits per heavy atom. The third-order valence-electron chi connectivity index (χ3n) is 6.11. The normalized spacial score (nSPS) is 14.8. The van der Waals surface area contributed by atoms with Gasteiger partial charge in [-0.25, -0.2) is 9.29 Å². The lowest BCUT2D eigenvalue weighted by Gasteiger charge is -2.30. The van der Waals surface area contributed by atoms with Crippen LogP contribution < -0.4 is 19.7 Å². The molecule has 1 fully saturated rings. The van der Waals surface area contributed by atoms with Gasteiger partial charge in [-0.2, -0.15) is 0 Å². The summed E-state index contributed by atoms with van der Waals surface area (Å²) >= 11 is 5.34. The van der Waals surface area contributed by atoms with Gasteiger partial charge in [-0.1, -0.05) is 30.3 Å². The Hall–Kier alpha value is -4.50. The Kier molecular flexibility index (Phi) is 6.45. The minimum atomic E-state index is -0.589. The Balaban J connectivity index is 1.56. The zero-order chi connectivity index (χ0) is 26.1. The zero-order valence-electron chi connectivity index (χ0n) is 20.0. The molecule has 1 aromatic heterocycles. The third kappa shape index (κ3) is 4.56. The summed E-state index contributed by atoms with van der Waals surface area (Å²) in [6, 6.07) is 18.9. The van der Waals surface area contributed by atoms with E-state index in [0.717, 1.165) is 16.5 Å². The third-order valence-corrected chi connectivity index (χ3v) is 6.40. The number of halogens is 1. The quantitative estimate of drug-likeness (QED) is 0.229. The van der Waals surface area contributed by atoms with Gasteiger partial charge in [0.05, 0.1) is 19.9 Å². The van der Waals surface area contributed by atoms with Crippen LogP contribution in [0.5, 0.6) is 11.5 Å². The molecule has 1 aliphatic rings. The van der Waals surface area contributed by atoms with Crippen LogP contribution in [0.15, 0.2) is 78.5 Å². The van der Waals surface area contributed by atoms with Crippen molar-refractivity contribution >= 4 is 51.8 Å². The van der Waals surface area contributed by atoms with Crippen LogP contribution in [-0.4, -0.2) is 35.7 Å². The van der Waals surface area contributed by atoms with Gasteiger partial charge in [-0.3, -0.25) is 14.9 Å². The highest BCUT2D eigenvalue weighted by molar-refractivity contribution is 7.80. The molecule has 2 amide bonds. The Labute approximate surface area is 217 Å². The van der Waals surface area contributed by atoms with E-state index in [1.165, 1.54) is 31.3 Å². The van der Waals surface area contributed by atoms with E-state index in [1.54, 1.807) is 36.4 Å². The first-order chi connectivity index (χ1) is 17.9. The summed E-state index contributed by atoms with van der Waals surface area (Å²) in [5, 5.41) is 3.42. The van der Waals surface area contributed by atoms with E-state index in [2.05, 4.69) is 5.32 Å². The van der Waals surface area contributed by atoms with E-state index in [0.29, 0.717) is 29.3 Å². The lowest BCUT2D eigenvalue weighted by atomic mass is 10.1. The van der Waals surface area contributed by atoms with Crippen molar-refractivity contribution in [3.05, 3.63) is 95.4 Å². The number of carbonyl (C=O) groups excluding carboxylic acids is 2. The maximum Gasteiger partial charge on any atom is 0.270 e. The Morgan fingerprint density at radius 1 is 1.00 bits per heavy atom. The summed E-state index contributed by atoms with van der Waals surface area (Å²) in [4.78, 5) is 27.8. The summed E-state index contributed by atoms with van der Waals surface area (Å²) in [6.45, 7) is 0.489. The molecule has 5 rings (SSSR count). The lowest BCUT2D eigenvalue weighted by molar-refractivity contribution is -0.122. The molecular formula is C28H22FN3O4S. The largest absolute Gasteiger partial charge is 0.497 e. The number of aromatic nitrogens is 1. The Bertz CT molecular complexity index is 1580. The highest BCUT2D eigenvalue weighted by Crippen LogP contribution is 2.35. The number of nitrogens with one attached hydrogen (secondary N) is 1. The lowest BCUT2D eigenvalue weighted by Crippen LogP contribution is -2.54. The van der Waals surface area contributed by atoms with Gasteiger partial charge < -0.3 is 14.0 Å². The molecule has 0 aliphatic carbocycles. The van der Waals surface area contributed by atoms with Gasteiger partial charge in [0.15, 0.2) is 5.11 Å². The fourth-order valence-corrected chi connectivity index (χ4v) is 4.58. The summed E-state index contributed by atoms with van der Waals surface area (Å²) in [7, 11) is 3.00. The second kappa shape index (κ2) is 9.87. The number of anilines is 1. The van der Waals surface area contributed by atoms with Crippen LogP contribution in [0.4, 0.5) is 10.1 Å². The predicted molar refractivity (Wildman–Crippen MR) is 143 cm³/mol. The molecule has 0 bridgehead atoms.